The van der Waals surface area contributed by atoms with Crippen LogP contribution in [-0.2, 0) is 4.79 Å². The molecule has 0 unspecified atom stereocenters. The smallest absolute Gasteiger partial charge is 0.339 e. The van der Waals surface area contributed by atoms with Gasteiger partial charge in [-0.1, -0.05) is 6.58 Å². The van der Waals surface area contributed by atoms with Gasteiger partial charge in [-0.05, 0) is 6.08 Å². The number of nitrogens with zero attached hydrogens (tertiary/aromatic N) is 2. The normalized spacial score (nSPS) is 9.75. The number of aliphatic imine (C=N–C) groups is 1. The molecule has 0 bridgehead atoms. The quantitative estimate of drug-likeness (QED) is 0.248. The molecule has 0 aliphatic heterocycles. The van der Waals surface area contributed by atoms with Gasteiger partial charge in [0.2, 0.25) is 0 Å². The first-order valence-electron chi connectivity index (χ1n) is 2.99. The summed E-state index contributed by atoms with van der Waals surface area (Å²) < 4.78 is 0. The molecular formula is C6H9N3O3. The van der Waals surface area contributed by atoms with E-state index in [0.29, 0.717) is 0 Å². The maximum absolute atomic E-state index is 10.8. The molecule has 3 N–H and O–H groups in total. The van der Waals surface area contributed by atoms with Gasteiger partial charge in [0.1, 0.15) is 13.1 Å². The highest BCUT2D eigenvalue weighted by molar-refractivity contribution is 5.97. The van der Waals surface area contributed by atoms with Crippen molar-refractivity contribution in [3.63, 3.8) is 0 Å². The van der Waals surface area contributed by atoms with Crippen LogP contribution in [0.25, 0.3) is 0 Å². The van der Waals surface area contributed by atoms with E-state index in [-0.39, 0.29) is 0 Å². The summed E-state index contributed by atoms with van der Waals surface area (Å²) in [6.07, 6.45) is 1.82. The summed E-state index contributed by atoms with van der Waals surface area (Å²) in [5, 5.41) is 8.55. The fourth-order valence-corrected chi connectivity index (χ4v) is 0.407. The number of aliphatic hydroxyl groups is 1. The number of primary amides is 1. The van der Waals surface area contributed by atoms with Crippen LogP contribution in [0.5, 0.6) is 0 Å². The predicted molar refractivity (Wildman–Crippen MR) is 42.2 cm³/mol. The zero-order chi connectivity index (χ0) is 9.56. The Bertz CT molecular complexity index is 224. The lowest BCUT2D eigenvalue weighted by atomic mass is 10.5. The number of hydrogen-bond acceptors (Lipinski definition) is 3. The van der Waals surface area contributed by atoms with Crippen LogP contribution in [0.2, 0.25) is 0 Å². The Balaban J connectivity index is 4.26. The molecule has 0 aromatic carbocycles. The summed E-state index contributed by atoms with van der Waals surface area (Å²) in [4.78, 5) is 24.7. The maximum atomic E-state index is 10.8. The van der Waals surface area contributed by atoms with Crippen molar-refractivity contribution in [3.8, 4) is 0 Å². The van der Waals surface area contributed by atoms with Crippen molar-refractivity contribution in [1.29, 1.82) is 0 Å². The van der Waals surface area contributed by atoms with Crippen LogP contribution in [0.3, 0.4) is 0 Å². The van der Waals surface area contributed by atoms with Crippen LogP contribution in [0, 0.1) is 0 Å². The molecule has 0 saturated heterocycles. The van der Waals surface area contributed by atoms with E-state index < -0.39 is 18.7 Å². The van der Waals surface area contributed by atoms with E-state index >= 15 is 0 Å². The second-order valence-corrected chi connectivity index (χ2v) is 1.74. The summed E-state index contributed by atoms with van der Waals surface area (Å²) in [6, 6.07) is -0.940. The van der Waals surface area contributed by atoms with Crippen LogP contribution in [0.15, 0.2) is 17.6 Å². The average molecular weight is 171 g/mol. The van der Waals surface area contributed by atoms with E-state index in [4.69, 9.17) is 5.11 Å². The number of carbonyl (C=O) groups is 2. The molecule has 12 heavy (non-hydrogen) atoms. The van der Waals surface area contributed by atoms with E-state index in [9.17, 15) is 9.59 Å². The first kappa shape index (κ1) is 10.3. The zero-order valence-electron chi connectivity index (χ0n) is 6.30. The molecule has 0 fully saturated rings. The van der Waals surface area contributed by atoms with Gasteiger partial charge < -0.3 is 10.8 Å². The van der Waals surface area contributed by atoms with Crippen molar-refractivity contribution in [2.45, 2.75) is 0 Å². The standard InChI is InChI=1S/C6H9N3O3/c1-2-5(11)9(4-10)3-8-6(7)12/h2-3,10H,1,4H2,(H2,7,12). The molecule has 0 aliphatic carbocycles. The summed E-state index contributed by atoms with van der Waals surface area (Å²) in [7, 11) is 0. The third-order valence-electron chi connectivity index (χ3n) is 0.934. The third kappa shape index (κ3) is 3.47. The highest BCUT2D eigenvalue weighted by atomic mass is 16.3. The van der Waals surface area contributed by atoms with Crippen LogP contribution in [-0.4, -0.2) is 35.0 Å². The van der Waals surface area contributed by atoms with Crippen molar-refractivity contribution in [2.24, 2.45) is 10.7 Å². The first-order valence-corrected chi connectivity index (χ1v) is 2.99. The molecule has 6 heteroatoms. The molecule has 0 heterocycles. The number of aliphatic hydroxyl groups excluding tert-OH is 1. The minimum Gasteiger partial charge on any atom is -0.376 e. The van der Waals surface area contributed by atoms with Gasteiger partial charge >= 0.3 is 6.03 Å². The monoisotopic (exact) mass is 171 g/mol. The molecule has 0 aromatic heterocycles. The second kappa shape index (κ2) is 5.03. The Labute approximate surface area is 69.0 Å². The molecule has 3 amide bonds. The Morgan fingerprint density at radius 3 is 2.58 bits per heavy atom. The number of urea groups is 1. The van der Waals surface area contributed by atoms with E-state index in [1.165, 1.54) is 0 Å². The summed E-state index contributed by atoms with van der Waals surface area (Å²) in [6.45, 7) is 2.59. The Morgan fingerprint density at radius 1 is 1.67 bits per heavy atom. The van der Waals surface area contributed by atoms with Gasteiger partial charge in [-0.2, -0.15) is 4.99 Å². The topological polar surface area (TPSA) is 96.0 Å². The van der Waals surface area contributed by atoms with Gasteiger partial charge in [-0.25, -0.2) is 4.79 Å². The van der Waals surface area contributed by atoms with E-state index in [0.717, 1.165) is 17.3 Å². The highest BCUT2D eigenvalue weighted by Crippen LogP contribution is 1.84. The maximum Gasteiger partial charge on any atom is 0.339 e. The van der Waals surface area contributed by atoms with Crippen molar-refractivity contribution >= 4 is 18.3 Å². The molecule has 0 atom stereocenters. The predicted octanol–water partition coefficient (Wildman–Crippen LogP) is -0.942. The van der Waals surface area contributed by atoms with Crippen molar-refractivity contribution in [2.75, 3.05) is 6.73 Å². The van der Waals surface area contributed by atoms with Crippen molar-refractivity contribution < 1.29 is 14.7 Å². The van der Waals surface area contributed by atoms with Crippen LogP contribution < -0.4 is 5.73 Å². The number of amides is 3. The van der Waals surface area contributed by atoms with Gasteiger partial charge in [0.25, 0.3) is 5.91 Å². The number of nitrogens with two attached hydrogens (primary N) is 1. The number of carbonyl (C=O) groups excluding carboxylic acids is 2. The molecule has 6 nitrogen and oxygen atoms in total. The lowest BCUT2D eigenvalue weighted by Crippen LogP contribution is -2.29. The SMILES string of the molecule is C=CC(=O)N(C=NC(N)=O)CO. The minimum absolute atomic E-state index is 0.567. The van der Waals surface area contributed by atoms with Gasteiger partial charge in [-0.3, -0.25) is 9.69 Å². The first-order chi connectivity index (χ1) is 5.61. The molecule has 0 aromatic rings. The highest BCUT2D eigenvalue weighted by Gasteiger charge is 2.04. The lowest BCUT2D eigenvalue weighted by molar-refractivity contribution is -0.124. The molecule has 0 spiro atoms. The number of rotatable bonds is 3. The third-order valence-corrected chi connectivity index (χ3v) is 0.934. The number of hydrogen-bond donors (Lipinski definition) is 2. The fourth-order valence-electron chi connectivity index (χ4n) is 0.407. The summed E-state index contributed by atoms with van der Waals surface area (Å²) in [5.41, 5.74) is 4.65. The molecular weight excluding hydrogens is 162 g/mol. The van der Waals surface area contributed by atoms with E-state index in [1.54, 1.807) is 0 Å². The summed E-state index contributed by atoms with van der Waals surface area (Å²) >= 11 is 0. The van der Waals surface area contributed by atoms with Crippen LogP contribution in [0.1, 0.15) is 0 Å². The Kier molecular flexibility index (Phi) is 4.32. The van der Waals surface area contributed by atoms with Gasteiger partial charge in [-0.15, -0.1) is 0 Å². The van der Waals surface area contributed by atoms with Crippen molar-refractivity contribution in [1.82, 2.24) is 4.90 Å². The molecule has 66 valence electrons. The Hall–Kier alpha value is -1.69. The van der Waals surface area contributed by atoms with Crippen LogP contribution >= 0.6 is 0 Å². The molecule has 0 radical (unpaired) electrons. The van der Waals surface area contributed by atoms with Gasteiger partial charge in [0.15, 0.2) is 0 Å². The minimum atomic E-state index is -0.940. The van der Waals surface area contributed by atoms with Gasteiger partial charge in [0.05, 0.1) is 0 Å². The second-order valence-electron chi connectivity index (χ2n) is 1.74. The van der Waals surface area contributed by atoms with Crippen molar-refractivity contribution in [3.05, 3.63) is 12.7 Å². The summed E-state index contributed by atoms with van der Waals surface area (Å²) in [5.74, 6) is -0.567. The van der Waals surface area contributed by atoms with Crippen LogP contribution in [0.4, 0.5) is 4.79 Å². The molecule has 0 rings (SSSR count). The molecule has 0 saturated carbocycles. The van der Waals surface area contributed by atoms with Gasteiger partial charge in [0, 0.05) is 0 Å². The Morgan fingerprint density at radius 2 is 2.25 bits per heavy atom. The largest absolute Gasteiger partial charge is 0.376 e. The average Bonchev–Trinajstić information content (AvgIpc) is 2.04. The van der Waals surface area contributed by atoms with E-state index in [1.807, 2.05) is 0 Å². The molecule has 0 aliphatic rings. The lowest BCUT2D eigenvalue weighted by Gasteiger charge is -2.09. The fraction of sp³-hybridized carbons (Fsp3) is 0.167. The van der Waals surface area contributed by atoms with E-state index in [2.05, 4.69) is 17.3 Å². The zero-order valence-corrected chi connectivity index (χ0v) is 6.30.